The highest BCUT2D eigenvalue weighted by molar-refractivity contribution is 7.12. The molecule has 2 fully saturated rings. The van der Waals surface area contributed by atoms with Crippen LogP contribution in [-0.4, -0.2) is 36.2 Å². The number of hydrogen-bond acceptors (Lipinski definition) is 3. The Balaban J connectivity index is 1.58. The van der Waals surface area contributed by atoms with E-state index >= 15 is 0 Å². The van der Waals surface area contributed by atoms with Crippen molar-refractivity contribution in [2.24, 2.45) is 0 Å². The molecular weight excluding hydrogens is 272 g/mol. The minimum atomic E-state index is -0.0294. The van der Waals surface area contributed by atoms with Crippen molar-refractivity contribution in [1.29, 1.82) is 0 Å². The molecule has 5 heteroatoms. The van der Waals surface area contributed by atoms with Crippen molar-refractivity contribution in [2.45, 2.75) is 44.8 Å². The molecule has 1 aliphatic heterocycles. The molecule has 0 aromatic carbocycles. The molecule has 3 rings (SSSR count). The average Bonchev–Trinajstić information content (AvgIpc) is 2.84. The van der Waals surface area contributed by atoms with Gasteiger partial charge >= 0.3 is 6.03 Å². The molecule has 0 unspecified atom stereocenters. The Hall–Kier alpha value is -1.07. The van der Waals surface area contributed by atoms with Crippen molar-refractivity contribution in [2.75, 3.05) is 19.7 Å². The lowest BCUT2D eigenvalue weighted by Gasteiger charge is -2.48. The van der Waals surface area contributed by atoms with E-state index in [0.29, 0.717) is 13.2 Å². The van der Waals surface area contributed by atoms with Crippen LogP contribution in [0.5, 0.6) is 0 Å². The maximum Gasteiger partial charge on any atom is 0.318 e. The number of morpholine rings is 1. The summed E-state index contributed by atoms with van der Waals surface area (Å²) < 4.78 is 5.86. The number of hydrogen-bond donors (Lipinski definition) is 1. The number of ether oxygens (including phenoxy) is 1. The van der Waals surface area contributed by atoms with E-state index in [1.807, 2.05) is 11.8 Å². The van der Waals surface area contributed by atoms with Gasteiger partial charge in [-0.1, -0.05) is 0 Å². The molecular formula is C15H22N2O2S. The molecule has 2 aliphatic rings. The summed E-state index contributed by atoms with van der Waals surface area (Å²) >= 11 is 1.74. The van der Waals surface area contributed by atoms with Crippen LogP contribution < -0.4 is 5.32 Å². The number of rotatable bonds is 2. The minimum absolute atomic E-state index is 0.0294. The maximum absolute atomic E-state index is 12.4. The number of nitrogens with zero attached hydrogens (tertiary/aromatic N) is 1. The number of thiophene rings is 1. The Bertz CT molecular complexity index is 496. The number of carbonyl (C=O) groups is 1. The smallest absolute Gasteiger partial charge is 0.318 e. The van der Waals surface area contributed by atoms with E-state index in [0.717, 1.165) is 19.4 Å². The molecule has 4 nitrogen and oxygen atoms in total. The summed E-state index contributed by atoms with van der Waals surface area (Å²) in [6.45, 7) is 6.24. The second kappa shape index (κ2) is 5.37. The van der Waals surface area contributed by atoms with E-state index in [1.54, 1.807) is 11.3 Å². The van der Waals surface area contributed by atoms with Crippen molar-refractivity contribution >= 4 is 17.4 Å². The number of aryl methyl sites for hydroxylation is 1. The molecule has 110 valence electrons. The Labute approximate surface area is 124 Å². The van der Waals surface area contributed by atoms with Crippen LogP contribution in [0.2, 0.25) is 0 Å². The molecule has 1 saturated heterocycles. The highest BCUT2D eigenvalue weighted by Gasteiger charge is 2.43. The van der Waals surface area contributed by atoms with Gasteiger partial charge in [0.1, 0.15) is 0 Å². The van der Waals surface area contributed by atoms with Crippen LogP contribution in [0.4, 0.5) is 4.79 Å². The van der Waals surface area contributed by atoms with Gasteiger partial charge in [0.2, 0.25) is 0 Å². The van der Waals surface area contributed by atoms with E-state index in [1.165, 1.54) is 16.2 Å². The largest absolute Gasteiger partial charge is 0.371 e. The summed E-state index contributed by atoms with van der Waals surface area (Å²) in [5.41, 5.74) is -0.0294. The molecule has 1 aliphatic carbocycles. The van der Waals surface area contributed by atoms with Crippen LogP contribution in [0.15, 0.2) is 12.1 Å². The van der Waals surface area contributed by atoms with Crippen LogP contribution in [0.3, 0.4) is 0 Å². The van der Waals surface area contributed by atoms with Crippen molar-refractivity contribution in [3.8, 4) is 0 Å². The third kappa shape index (κ3) is 2.69. The quantitative estimate of drug-likeness (QED) is 0.910. The summed E-state index contributed by atoms with van der Waals surface area (Å²) in [6.07, 6.45) is 3.41. The van der Waals surface area contributed by atoms with Gasteiger partial charge in [-0.25, -0.2) is 4.79 Å². The lowest BCUT2D eigenvalue weighted by atomic mass is 9.79. The second-order valence-electron chi connectivity index (χ2n) is 5.93. The highest BCUT2D eigenvalue weighted by Crippen LogP contribution is 2.38. The van der Waals surface area contributed by atoms with Gasteiger partial charge in [0.05, 0.1) is 24.8 Å². The summed E-state index contributed by atoms with van der Waals surface area (Å²) in [5.74, 6) is 0. The number of nitrogens with one attached hydrogen (secondary N) is 1. The minimum Gasteiger partial charge on any atom is -0.371 e. The number of urea groups is 1. The summed E-state index contributed by atoms with van der Waals surface area (Å²) in [7, 11) is 0. The van der Waals surface area contributed by atoms with Gasteiger partial charge in [-0.2, -0.15) is 0 Å². The lowest BCUT2D eigenvalue weighted by Crippen LogP contribution is -2.58. The van der Waals surface area contributed by atoms with Gasteiger partial charge in [0.25, 0.3) is 0 Å². The van der Waals surface area contributed by atoms with Gasteiger partial charge in [-0.3, -0.25) is 0 Å². The van der Waals surface area contributed by atoms with E-state index in [4.69, 9.17) is 4.74 Å². The van der Waals surface area contributed by atoms with Gasteiger partial charge in [0, 0.05) is 16.3 Å². The molecule has 1 N–H and O–H groups in total. The Morgan fingerprint density at radius 1 is 1.50 bits per heavy atom. The van der Waals surface area contributed by atoms with Gasteiger partial charge in [-0.05, 0) is 45.2 Å². The first-order chi connectivity index (χ1) is 9.58. The summed E-state index contributed by atoms with van der Waals surface area (Å²) in [5, 5.41) is 3.11. The fraction of sp³-hybridized carbons (Fsp3) is 0.667. The Kier molecular flexibility index (Phi) is 3.73. The van der Waals surface area contributed by atoms with Crippen LogP contribution >= 0.6 is 11.3 Å². The molecule has 0 bridgehead atoms. The zero-order valence-electron chi connectivity index (χ0n) is 12.1. The summed E-state index contributed by atoms with van der Waals surface area (Å²) in [4.78, 5) is 16.8. The standard InChI is InChI=1S/C15H22N2O2S/c1-11-4-5-13(20-11)12(2)16-14(18)17-8-9-19-15(10-17)6-3-7-15/h4-5,12H,3,6-10H2,1-2H3,(H,16,18)/t12-/m1/s1. The first-order valence-electron chi connectivity index (χ1n) is 7.34. The maximum atomic E-state index is 12.4. The summed E-state index contributed by atoms with van der Waals surface area (Å²) in [6, 6.07) is 4.30. The lowest BCUT2D eigenvalue weighted by molar-refractivity contribution is -0.141. The fourth-order valence-electron chi connectivity index (χ4n) is 2.93. The van der Waals surface area contributed by atoms with E-state index in [-0.39, 0.29) is 17.7 Å². The normalized spacial score (nSPS) is 22.4. The Morgan fingerprint density at radius 3 is 2.90 bits per heavy atom. The predicted molar refractivity (Wildman–Crippen MR) is 80.1 cm³/mol. The highest BCUT2D eigenvalue weighted by atomic mass is 32.1. The van der Waals surface area contributed by atoms with E-state index in [9.17, 15) is 4.79 Å². The third-order valence-electron chi connectivity index (χ3n) is 4.33. The van der Waals surface area contributed by atoms with Crippen molar-refractivity contribution in [3.05, 3.63) is 21.9 Å². The average molecular weight is 294 g/mol. The monoisotopic (exact) mass is 294 g/mol. The van der Waals surface area contributed by atoms with E-state index < -0.39 is 0 Å². The van der Waals surface area contributed by atoms with Gasteiger partial charge in [0.15, 0.2) is 0 Å². The molecule has 1 aromatic heterocycles. The van der Waals surface area contributed by atoms with E-state index in [2.05, 4.69) is 24.4 Å². The SMILES string of the molecule is Cc1ccc([C@@H](C)NC(=O)N2CCOC3(CCC3)C2)s1. The predicted octanol–water partition coefficient (Wildman–Crippen LogP) is 3.08. The molecule has 2 amide bonds. The second-order valence-corrected chi connectivity index (χ2v) is 7.25. The molecule has 20 heavy (non-hydrogen) atoms. The zero-order chi connectivity index (χ0) is 14.2. The van der Waals surface area contributed by atoms with Crippen LogP contribution in [0.1, 0.15) is 42.0 Å². The van der Waals surface area contributed by atoms with Crippen molar-refractivity contribution in [3.63, 3.8) is 0 Å². The van der Waals surface area contributed by atoms with Crippen LogP contribution in [-0.2, 0) is 4.74 Å². The Morgan fingerprint density at radius 2 is 2.30 bits per heavy atom. The molecule has 0 radical (unpaired) electrons. The fourth-order valence-corrected chi connectivity index (χ4v) is 3.81. The number of amides is 2. The third-order valence-corrected chi connectivity index (χ3v) is 5.51. The first kappa shape index (κ1) is 13.9. The molecule has 1 atom stereocenters. The zero-order valence-corrected chi connectivity index (χ0v) is 13.0. The number of carbonyl (C=O) groups excluding carboxylic acids is 1. The van der Waals surface area contributed by atoms with Crippen LogP contribution in [0.25, 0.3) is 0 Å². The van der Waals surface area contributed by atoms with Gasteiger partial charge < -0.3 is 15.0 Å². The first-order valence-corrected chi connectivity index (χ1v) is 8.15. The molecule has 1 saturated carbocycles. The molecule has 1 spiro atoms. The molecule has 2 heterocycles. The van der Waals surface area contributed by atoms with Crippen LogP contribution in [0, 0.1) is 6.92 Å². The topological polar surface area (TPSA) is 41.6 Å². The van der Waals surface area contributed by atoms with Gasteiger partial charge in [-0.15, -0.1) is 11.3 Å². The van der Waals surface area contributed by atoms with Crippen molar-refractivity contribution < 1.29 is 9.53 Å². The van der Waals surface area contributed by atoms with Crippen molar-refractivity contribution in [1.82, 2.24) is 10.2 Å². The molecule has 1 aromatic rings.